The van der Waals surface area contributed by atoms with E-state index in [2.05, 4.69) is 10.2 Å². The second-order valence-electron chi connectivity index (χ2n) is 7.16. The number of benzene rings is 1. The molecule has 9 heteroatoms. The van der Waals surface area contributed by atoms with E-state index in [1.54, 1.807) is 29.2 Å². The van der Waals surface area contributed by atoms with E-state index in [4.69, 9.17) is 9.41 Å². The molecule has 1 saturated heterocycles. The van der Waals surface area contributed by atoms with Crippen molar-refractivity contribution in [3.05, 3.63) is 54.0 Å². The summed E-state index contributed by atoms with van der Waals surface area (Å²) in [6.07, 6.45) is 3.43. The summed E-state index contributed by atoms with van der Waals surface area (Å²) in [7, 11) is -3.18. The van der Waals surface area contributed by atoms with Crippen LogP contribution in [-0.2, 0) is 16.3 Å². The van der Waals surface area contributed by atoms with E-state index < -0.39 is 9.84 Å². The smallest absolute Gasteiger partial charge is 0.289 e. The predicted molar refractivity (Wildman–Crippen MR) is 115 cm³/mol. The van der Waals surface area contributed by atoms with Crippen LogP contribution in [0, 0.1) is 0 Å². The Balaban J connectivity index is 1.55. The molecule has 30 heavy (non-hydrogen) atoms. The number of rotatable bonds is 6. The molecule has 1 fully saturated rings. The Morgan fingerprint density at radius 2 is 1.77 bits per heavy atom. The van der Waals surface area contributed by atoms with Gasteiger partial charge in [-0.3, -0.25) is 9.79 Å². The maximum Gasteiger partial charge on any atom is 0.289 e. The number of guanidine groups is 1. The highest BCUT2D eigenvalue weighted by atomic mass is 32.2. The zero-order valence-electron chi connectivity index (χ0n) is 17.4. The van der Waals surface area contributed by atoms with E-state index in [0.29, 0.717) is 43.4 Å². The molecule has 1 N–H and O–H groups in total. The van der Waals surface area contributed by atoms with Crippen molar-refractivity contribution in [3.8, 4) is 0 Å². The lowest BCUT2D eigenvalue weighted by Crippen LogP contribution is -2.53. The number of nitrogens with zero attached hydrogens (tertiary/aromatic N) is 3. The van der Waals surface area contributed by atoms with Crippen molar-refractivity contribution in [2.75, 3.05) is 45.5 Å². The summed E-state index contributed by atoms with van der Waals surface area (Å²) in [4.78, 5) is 21.4. The van der Waals surface area contributed by atoms with Gasteiger partial charge < -0.3 is 19.5 Å². The predicted octanol–water partition coefficient (Wildman–Crippen LogP) is 1.65. The molecule has 1 amide bonds. The van der Waals surface area contributed by atoms with Crippen LogP contribution in [-0.4, -0.2) is 75.6 Å². The van der Waals surface area contributed by atoms with Gasteiger partial charge in [0.25, 0.3) is 5.91 Å². The molecular weight excluding hydrogens is 404 g/mol. The number of aliphatic imine (C=N–C) groups is 1. The van der Waals surface area contributed by atoms with Gasteiger partial charge in [-0.1, -0.05) is 12.1 Å². The first-order valence-corrected chi connectivity index (χ1v) is 11.9. The Kier molecular flexibility index (Phi) is 7.15. The van der Waals surface area contributed by atoms with Gasteiger partial charge >= 0.3 is 0 Å². The van der Waals surface area contributed by atoms with E-state index in [-0.39, 0.29) is 5.91 Å². The third kappa shape index (κ3) is 5.63. The normalized spacial score (nSPS) is 15.3. The number of amides is 1. The molecule has 1 aliphatic heterocycles. The summed E-state index contributed by atoms with van der Waals surface area (Å²) in [5, 5.41) is 3.31. The summed E-state index contributed by atoms with van der Waals surface area (Å²) in [5.41, 5.74) is 1.04. The fourth-order valence-corrected chi connectivity index (χ4v) is 3.93. The van der Waals surface area contributed by atoms with Crippen molar-refractivity contribution >= 4 is 21.7 Å². The number of nitrogens with one attached hydrogen (secondary N) is 1. The highest BCUT2D eigenvalue weighted by molar-refractivity contribution is 7.90. The highest BCUT2D eigenvalue weighted by Gasteiger charge is 2.25. The van der Waals surface area contributed by atoms with Crippen molar-refractivity contribution in [1.29, 1.82) is 0 Å². The van der Waals surface area contributed by atoms with Crippen LogP contribution in [0.3, 0.4) is 0 Å². The van der Waals surface area contributed by atoms with Crippen LogP contribution in [0.5, 0.6) is 0 Å². The summed E-state index contributed by atoms with van der Waals surface area (Å²) in [5.74, 6) is 1.11. The van der Waals surface area contributed by atoms with Crippen LogP contribution >= 0.6 is 0 Å². The number of sulfone groups is 1. The second kappa shape index (κ2) is 9.80. The van der Waals surface area contributed by atoms with Gasteiger partial charge in [-0.2, -0.15) is 0 Å². The van der Waals surface area contributed by atoms with Gasteiger partial charge in [0.1, 0.15) is 0 Å². The molecule has 1 aromatic carbocycles. The minimum absolute atomic E-state index is 0.0841. The van der Waals surface area contributed by atoms with E-state index >= 15 is 0 Å². The van der Waals surface area contributed by atoms with E-state index in [1.165, 1.54) is 12.5 Å². The lowest BCUT2D eigenvalue weighted by Gasteiger charge is -2.36. The van der Waals surface area contributed by atoms with Crippen LogP contribution in [0.15, 0.2) is 57.0 Å². The molecular formula is C21H28N4O4S. The highest BCUT2D eigenvalue weighted by Crippen LogP contribution is 2.12. The second-order valence-corrected chi connectivity index (χ2v) is 9.17. The lowest BCUT2D eigenvalue weighted by molar-refractivity contribution is 0.0657. The number of carbonyl (C=O) groups excluding carboxylic acids is 1. The summed E-state index contributed by atoms with van der Waals surface area (Å²) >= 11 is 0. The Morgan fingerprint density at radius 3 is 2.33 bits per heavy atom. The molecule has 2 aromatic rings. The number of piperazine rings is 1. The molecule has 0 aliphatic carbocycles. The number of carbonyl (C=O) groups is 1. The molecule has 0 spiro atoms. The number of hydrogen-bond donors (Lipinski definition) is 1. The van der Waals surface area contributed by atoms with Gasteiger partial charge in [-0.15, -0.1) is 0 Å². The monoisotopic (exact) mass is 432 g/mol. The Bertz CT molecular complexity index is 961. The molecule has 0 radical (unpaired) electrons. The number of furan rings is 1. The van der Waals surface area contributed by atoms with Gasteiger partial charge in [0, 0.05) is 45.5 Å². The van der Waals surface area contributed by atoms with Crippen LogP contribution in [0.1, 0.15) is 23.0 Å². The van der Waals surface area contributed by atoms with Crippen molar-refractivity contribution in [3.63, 3.8) is 0 Å². The van der Waals surface area contributed by atoms with Crippen LogP contribution in [0.4, 0.5) is 0 Å². The molecule has 1 aliphatic rings. The lowest BCUT2D eigenvalue weighted by atomic mass is 10.1. The van der Waals surface area contributed by atoms with Crippen LogP contribution in [0.2, 0.25) is 0 Å². The van der Waals surface area contributed by atoms with Gasteiger partial charge in [-0.25, -0.2) is 8.42 Å². The van der Waals surface area contributed by atoms with Crippen molar-refractivity contribution in [2.45, 2.75) is 18.2 Å². The third-order valence-corrected chi connectivity index (χ3v) is 6.08. The first-order chi connectivity index (χ1) is 14.4. The maximum atomic E-state index is 12.4. The van der Waals surface area contributed by atoms with Crippen molar-refractivity contribution < 1.29 is 17.6 Å². The van der Waals surface area contributed by atoms with Gasteiger partial charge in [0.15, 0.2) is 21.6 Å². The molecule has 1 aromatic heterocycles. The standard InChI is InChI=1S/C21H28N4O4S/c1-3-22-21(23-11-10-17-6-8-18(9-7-17)30(2,27)28)25-14-12-24(13-15-25)20(26)19-5-4-16-29-19/h4-9,16H,3,10-15H2,1-2H3,(H,22,23). The van der Waals surface area contributed by atoms with Gasteiger partial charge in [0.05, 0.1) is 11.2 Å². The topological polar surface area (TPSA) is 95.2 Å². The molecule has 0 saturated carbocycles. The Hall–Kier alpha value is -2.81. The quantitative estimate of drug-likeness (QED) is 0.551. The maximum absolute atomic E-state index is 12.4. The van der Waals surface area contributed by atoms with E-state index in [9.17, 15) is 13.2 Å². The largest absolute Gasteiger partial charge is 0.459 e. The van der Waals surface area contributed by atoms with E-state index in [0.717, 1.165) is 24.5 Å². The molecule has 3 rings (SSSR count). The SMILES string of the molecule is CCNC(=NCCc1ccc(S(C)(=O)=O)cc1)N1CCN(C(=O)c2ccco2)CC1. The molecule has 0 atom stereocenters. The van der Waals surface area contributed by atoms with Gasteiger partial charge in [-0.05, 0) is 43.2 Å². The Labute approximate surface area is 177 Å². The number of hydrogen-bond acceptors (Lipinski definition) is 5. The minimum Gasteiger partial charge on any atom is -0.459 e. The van der Waals surface area contributed by atoms with Gasteiger partial charge in [0.2, 0.25) is 0 Å². The molecule has 0 bridgehead atoms. The first kappa shape index (κ1) is 21.9. The zero-order valence-corrected chi connectivity index (χ0v) is 18.2. The third-order valence-electron chi connectivity index (χ3n) is 4.95. The van der Waals surface area contributed by atoms with E-state index in [1.807, 2.05) is 19.1 Å². The fourth-order valence-electron chi connectivity index (χ4n) is 3.30. The molecule has 8 nitrogen and oxygen atoms in total. The first-order valence-electron chi connectivity index (χ1n) is 10.0. The summed E-state index contributed by atoms with van der Waals surface area (Å²) in [6, 6.07) is 10.3. The summed E-state index contributed by atoms with van der Waals surface area (Å²) < 4.78 is 28.3. The minimum atomic E-state index is -3.18. The molecule has 2 heterocycles. The average Bonchev–Trinajstić information content (AvgIpc) is 3.27. The van der Waals surface area contributed by atoms with Crippen molar-refractivity contribution in [1.82, 2.24) is 15.1 Å². The Morgan fingerprint density at radius 1 is 1.10 bits per heavy atom. The summed E-state index contributed by atoms with van der Waals surface area (Å²) in [6.45, 7) is 5.98. The average molecular weight is 433 g/mol. The van der Waals surface area contributed by atoms with Crippen LogP contribution < -0.4 is 5.32 Å². The van der Waals surface area contributed by atoms with Crippen molar-refractivity contribution in [2.24, 2.45) is 4.99 Å². The molecule has 162 valence electrons. The zero-order chi connectivity index (χ0) is 21.6. The molecule has 0 unspecified atom stereocenters. The fraction of sp³-hybridized carbons (Fsp3) is 0.429. The van der Waals surface area contributed by atoms with Crippen LogP contribution in [0.25, 0.3) is 0 Å².